The van der Waals surface area contributed by atoms with Gasteiger partial charge in [0.2, 0.25) is 0 Å². The highest BCUT2D eigenvalue weighted by atomic mass is 35.5. The number of halogens is 2. The standard InChI is InChI=1S/C14H20ClFN2O/c1-19-14(6-2-3-7-14)13(18-17)9-10-8-11(16)4-5-12(10)15/h4-5,8,13,18H,2-3,6-7,9,17H2,1H3. The summed E-state index contributed by atoms with van der Waals surface area (Å²) in [6, 6.07) is 4.33. The second-order valence-electron chi connectivity index (χ2n) is 5.14. The number of hydrazine groups is 1. The van der Waals surface area contributed by atoms with Crippen molar-refractivity contribution >= 4 is 11.6 Å². The van der Waals surface area contributed by atoms with E-state index in [4.69, 9.17) is 22.2 Å². The van der Waals surface area contributed by atoms with Crippen LogP contribution in [0.15, 0.2) is 18.2 Å². The van der Waals surface area contributed by atoms with Crippen molar-refractivity contribution < 1.29 is 9.13 Å². The van der Waals surface area contributed by atoms with Crippen molar-refractivity contribution in [3.8, 4) is 0 Å². The summed E-state index contributed by atoms with van der Waals surface area (Å²) in [5.74, 6) is 5.40. The molecular formula is C14H20ClFN2O. The van der Waals surface area contributed by atoms with Gasteiger partial charge in [0.25, 0.3) is 0 Å². The van der Waals surface area contributed by atoms with Gasteiger partial charge in [-0.2, -0.15) is 0 Å². The van der Waals surface area contributed by atoms with E-state index in [-0.39, 0.29) is 17.5 Å². The van der Waals surface area contributed by atoms with Gasteiger partial charge in [0.05, 0.1) is 11.6 Å². The van der Waals surface area contributed by atoms with Crippen LogP contribution in [0.5, 0.6) is 0 Å². The first kappa shape index (κ1) is 14.7. The lowest BCUT2D eigenvalue weighted by Crippen LogP contribution is -2.54. The Hall–Kier alpha value is -0.680. The van der Waals surface area contributed by atoms with Crippen LogP contribution in [0, 0.1) is 5.82 Å². The molecule has 1 unspecified atom stereocenters. The molecule has 3 nitrogen and oxygen atoms in total. The summed E-state index contributed by atoms with van der Waals surface area (Å²) in [4.78, 5) is 0. The minimum atomic E-state index is -0.284. The molecule has 0 saturated heterocycles. The van der Waals surface area contributed by atoms with E-state index in [1.807, 2.05) is 0 Å². The molecule has 0 spiro atoms. The molecule has 19 heavy (non-hydrogen) atoms. The topological polar surface area (TPSA) is 47.3 Å². The van der Waals surface area contributed by atoms with E-state index >= 15 is 0 Å². The SMILES string of the molecule is COC1(C(Cc2cc(F)ccc2Cl)NN)CCCC1. The molecule has 1 fully saturated rings. The van der Waals surface area contributed by atoms with Crippen LogP contribution in [0.1, 0.15) is 31.2 Å². The Balaban J connectivity index is 2.21. The van der Waals surface area contributed by atoms with Gasteiger partial charge in [-0.05, 0) is 43.0 Å². The first-order valence-corrected chi connectivity index (χ1v) is 6.94. The summed E-state index contributed by atoms with van der Waals surface area (Å²) < 4.78 is 19.0. The van der Waals surface area contributed by atoms with Crippen LogP contribution in [-0.4, -0.2) is 18.8 Å². The number of nitrogens with one attached hydrogen (secondary N) is 1. The first-order valence-electron chi connectivity index (χ1n) is 6.56. The molecule has 1 aliphatic carbocycles. The fraction of sp³-hybridized carbons (Fsp3) is 0.571. The molecule has 0 radical (unpaired) electrons. The average molecular weight is 287 g/mol. The predicted molar refractivity (Wildman–Crippen MR) is 74.4 cm³/mol. The molecule has 0 aliphatic heterocycles. The molecule has 2 rings (SSSR count). The third-order valence-corrected chi connectivity index (χ3v) is 4.49. The first-order chi connectivity index (χ1) is 9.11. The van der Waals surface area contributed by atoms with Gasteiger partial charge in [-0.15, -0.1) is 0 Å². The molecule has 3 N–H and O–H groups in total. The second-order valence-corrected chi connectivity index (χ2v) is 5.54. The molecule has 5 heteroatoms. The van der Waals surface area contributed by atoms with Crippen LogP contribution in [0.3, 0.4) is 0 Å². The van der Waals surface area contributed by atoms with Crippen LogP contribution in [0.2, 0.25) is 5.02 Å². The lowest BCUT2D eigenvalue weighted by molar-refractivity contribution is -0.0355. The second kappa shape index (κ2) is 6.18. The number of hydrogen-bond donors (Lipinski definition) is 2. The van der Waals surface area contributed by atoms with E-state index in [9.17, 15) is 4.39 Å². The number of benzene rings is 1. The predicted octanol–water partition coefficient (Wildman–Crippen LogP) is 2.81. The van der Waals surface area contributed by atoms with Gasteiger partial charge in [-0.1, -0.05) is 24.4 Å². The van der Waals surface area contributed by atoms with Gasteiger partial charge >= 0.3 is 0 Å². The number of methoxy groups -OCH3 is 1. The summed E-state index contributed by atoms with van der Waals surface area (Å²) in [6.45, 7) is 0. The van der Waals surface area contributed by atoms with Crippen molar-refractivity contribution in [3.63, 3.8) is 0 Å². The van der Waals surface area contributed by atoms with Crippen LogP contribution in [0.4, 0.5) is 4.39 Å². The molecule has 1 aromatic rings. The maximum absolute atomic E-state index is 13.3. The largest absolute Gasteiger partial charge is 0.377 e. The van der Waals surface area contributed by atoms with Gasteiger partial charge in [0.15, 0.2) is 0 Å². The molecule has 0 aromatic heterocycles. The third-order valence-electron chi connectivity index (χ3n) is 4.12. The van der Waals surface area contributed by atoms with Crippen LogP contribution in [-0.2, 0) is 11.2 Å². The van der Waals surface area contributed by atoms with Crippen LogP contribution in [0.25, 0.3) is 0 Å². The number of ether oxygens (including phenoxy) is 1. The van der Waals surface area contributed by atoms with Crippen molar-refractivity contribution in [2.24, 2.45) is 5.84 Å². The molecule has 1 atom stereocenters. The highest BCUT2D eigenvalue weighted by Gasteiger charge is 2.41. The van der Waals surface area contributed by atoms with E-state index < -0.39 is 0 Å². The maximum atomic E-state index is 13.3. The third kappa shape index (κ3) is 3.08. The normalized spacial score (nSPS) is 19.6. The summed E-state index contributed by atoms with van der Waals surface area (Å²) in [6.07, 6.45) is 4.74. The molecule has 1 aromatic carbocycles. The highest BCUT2D eigenvalue weighted by molar-refractivity contribution is 6.31. The molecule has 1 saturated carbocycles. The zero-order valence-corrected chi connectivity index (χ0v) is 11.8. The van der Waals surface area contributed by atoms with Crippen molar-refractivity contribution in [1.29, 1.82) is 0 Å². The zero-order valence-electron chi connectivity index (χ0n) is 11.1. The fourth-order valence-corrected chi connectivity index (χ4v) is 3.18. The van der Waals surface area contributed by atoms with Crippen LogP contribution < -0.4 is 11.3 Å². The monoisotopic (exact) mass is 286 g/mol. The Kier molecular flexibility index (Phi) is 4.79. The van der Waals surface area contributed by atoms with Gasteiger partial charge in [0, 0.05) is 12.1 Å². The van der Waals surface area contributed by atoms with Crippen molar-refractivity contribution in [1.82, 2.24) is 5.43 Å². The lowest BCUT2D eigenvalue weighted by atomic mass is 9.87. The summed E-state index contributed by atoms with van der Waals surface area (Å²) in [5.41, 5.74) is 3.31. The molecule has 1 aliphatic rings. The average Bonchev–Trinajstić information content (AvgIpc) is 2.89. The number of hydrogen-bond acceptors (Lipinski definition) is 3. The smallest absolute Gasteiger partial charge is 0.123 e. The van der Waals surface area contributed by atoms with Gasteiger partial charge in [0.1, 0.15) is 5.82 Å². The molecule has 0 bridgehead atoms. The Morgan fingerprint density at radius 1 is 1.47 bits per heavy atom. The van der Waals surface area contributed by atoms with E-state index in [0.29, 0.717) is 11.4 Å². The van der Waals surface area contributed by atoms with E-state index in [1.165, 1.54) is 12.1 Å². The van der Waals surface area contributed by atoms with Gasteiger partial charge in [-0.3, -0.25) is 11.3 Å². The summed E-state index contributed by atoms with van der Waals surface area (Å²) in [7, 11) is 1.71. The Morgan fingerprint density at radius 2 is 2.16 bits per heavy atom. The summed E-state index contributed by atoms with van der Waals surface area (Å²) >= 11 is 6.12. The highest BCUT2D eigenvalue weighted by Crippen LogP contribution is 2.37. The lowest BCUT2D eigenvalue weighted by Gasteiger charge is -2.36. The number of nitrogens with two attached hydrogens (primary N) is 1. The minimum Gasteiger partial charge on any atom is -0.377 e. The van der Waals surface area contributed by atoms with E-state index in [2.05, 4.69) is 5.43 Å². The van der Waals surface area contributed by atoms with E-state index in [0.717, 1.165) is 31.2 Å². The van der Waals surface area contributed by atoms with Gasteiger partial charge in [-0.25, -0.2) is 4.39 Å². The Bertz CT molecular complexity index is 435. The number of rotatable bonds is 5. The van der Waals surface area contributed by atoms with Crippen molar-refractivity contribution in [2.45, 2.75) is 43.7 Å². The molecule has 0 amide bonds. The van der Waals surface area contributed by atoms with Gasteiger partial charge < -0.3 is 4.74 Å². The van der Waals surface area contributed by atoms with E-state index in [1.54, 1.807) is 13.2 Å². The minimum absolute atomic E-state index is 0.0701. The molecule has 0 heterocycles. The Morgan fingerprint density at radius 3 is 2.74 bits per heavy atom. The van der Waals surface area contributed by atoms with Crippen molar-refractivity contribution in [3.05, 3.63) is 34.6 Å². The Labute approximate surface area is 118 Å². The van der Waals surface area contributed by atoms with Crippen LogP contribution >= 0.6 is 11.6 Å². The van der Waals surface area contributed by atoms with Crippen molar-refractivity contribution in [2.75, 3.05) is 7.11 Å². The molecule has 106 valence electrons. The maximum Gasteiger partial charge on any atom is 0.123 e. The quantitative estimate of drug-likeness (QED) is 0.646. The fourth-order valence-electron chi connectivity index (χ4n) is 2.98. The zero-order chi connectivity index (χ0) is 13.9. The summed E-state index contributed by atoms with van der Waals surface area (Å²) in [5, 5.41) is 0.561. The molecular weight excluding hydrogens is 267 g/mol.